The van der Waals surface area contributed by atoms with Crippen molar-refractivity contribution in [3.05, 3.63) is 35.4 Å². The zero-order chi connectivity index (χ0) is 18.3. The fourth-order valence-corrected chi connectivity index (χ4v) is 4.32. The van der Waals surface area contributed by atoms with Crippen molar-refractivity contribution in [1.29, 1.82) is 0 Å². The molecule has 7 nitrogen and oxygen atoms in total. The third-order valence-electron chi connectivity index (χ3n) is 3.98. The fraction of sp³-hybridized carbons (Fsp3) is 0.529. The Labute approximate surface area is 172 Å². The van der Waals surface area contributed by atoms with Gasteiger partial charge in [0.1, 0.15) is 0 Å². The van der Waals surface area contributed by atoms with Crippen molar-refractivity contribution in [2.75, 3.05) is 25.1 Å². The molecule has 1 unspecified atom stereocenters. The van der Waals surface area contributed by atoms with Crippen LogP contribution in [0.5, 0.6) is 0 Å². The smallest absolute Gasteiger partial charge is 0.251 e. The number of amides is 1. The number of benzene rings is 1. The molecule has 146 valence electrons. The van der Waals surface area contributed by atoms with Crippen LogP contribution in [0.15, 0.2) is 29.3 Å². The number of hydrogen-bond acceptors (Lipinski definition) is 4. The molecule has 0 aromatic heterocycles. The molecule has 1 atom stereocenters. The summed E-state index contributed by atoms with van der Waals surface area (Å²) >= 11 is 0. The Morgan fingerprint density at radius 3 is 2.69 bits per heavy atom. The molecule has 1 fully saturated rings. The molecule has 0 saturated carbocycles. The van der Waals surface area contributed by atoms with Gasteiger partial charge in [0.05, 0.1) is 11.5 Å². The van der Waals surface area contributed by atoms with Crippen LogP contribution >= 0.6 is 24.0 Å². The molecule has 0 bridgehead atoms. The number of halogens is 1. The van der Waals surface area contributed by atoms with Gasteiger partial charge in [0, 0.05) is 31.7 Å². The first-order valence-corrected chi connectivity index (χ1v) is 10.3. The van der Waals surface area contributed by atoms with E-state index in [9.17, 15) is 13.2 Å². The van der Waals surface area contributed by atoms with Gasteiger partial charge in [-0.3, -0.25) is 9.79 Å². The normalized spacial score (nSPS) is 18.7. The summed E-state index contributed by atoms with van der Waals surface area (Å²) in [6, 6.07) is 7.28. The Morgan fingerprint density at radius 1 is 1.31 bits per heavy atom. The standard InChI is InChI=1S/C17H26N4O3S.HI/c1-3-8-19-16(22)14-6-4-5-13(10-14)11-20-17(18-2)21-15-7-9-25(23,24)12-15;/h4-6,10,15H,3,7-9,11-12H2,1-2H3,(H,19,22)(H2,18,20,21);1H. The Morgan fingerprint density at radius 2 is 2.08 bits per heavy atom. The third kappa shape index (κ3) is 7.10. The lowest BCUT2D eigenvalue weighted by Crippen LogP contribution is -2.43. The molecule has 26 heavy (non-hydrogen) atoms. The molecule has 1 aromatic rings. The van der Waals surface area contributed by atoms with E-state index in [0.29, 0.717) is 31.0 Å². The maximum Gasteiger partial charge on any atom is 0.251 e. The molecule has 1 amide bonds. The van der Waals surface area contributed by atoms with Gasteiger partial charge in [-0.1, -0.05) is 19.1 Å². The van der Waals surface area contributed by atoms with E-state index in [2.05, 4.69) is 20.9 Å². The average Bonchev–Trinajstić information content (AvgIpc) is 2.95. The molecule has 0 aliphatic carbocycles. The number of carbonyl (C=O) groups is 1. The van der Waals surface area contributed by atoms with Crippen molar-refractivity contribution in [3.8, 4) is 0 Å². The van der Waals surface area contributed by atoms with Gasteiger partial charge in [0.15, 0.2) is 15.8 Å². The topological polar surface area (TPSA) is 99.7 Å². The van der Waals surface area contributed by atoms with Crippen LogP contribution in [-0.2, 0) is 16.4 Å². The summed E-state index contributed by atoms with van der Waals surface area (Å²) in [5, 5.41) is 9.15. The molecule has 1 aliphatic heterocycles. The van der Waals surface area contributed by atoms with Crippen LogP contribution in [0.2, 0.25) is 0 Å². The van der Waals surface area contributed by atoms with Crippen molar-refractivity contribution >= 4 is 45.7 Å². The Kier molecular flexibility index (Phi) is 9.34. The van der Waals surface area contributed by atoms with Gasteiger partial charge >= 0.3 is 0 Å². The van der Waals surface area contributed by atoms with Crippen molar-refractivity contribution in [2.45, 2.75) is 32.4 Å². The number of nitrogens with zero attached hydrogens (tertiary/aromatic N) is 1. The highest BCUT2D eigenvalue weighted by Gasteiger charge is 2.28. The van der Waals surface area contributed by atoms with E-state index in [1.54, 1.807) is 13.1 Å². The molecule has 0 radical (unpaired) electrons. The zero-order valence-electron chi connectivity index (χ0n) is 15.1. The third-order valence-corrected chi connectivity index (χ3v) is 5.75. The summed E-state index contributed by atoms with van der Waals surface area (Å²) in [6.07, 6.45) is 1.49. The molecule has 1 aliphatic rings. The van der Waals surface area contributed by atoms with Crippen molar-refractivity contribution < 1.29 is 13.2 Å². The quantitative estimate of drug-likeness (QED) is 0.315. The van der Waals surface area contributed by atoms with Gasteiger partial charge in [0.25, 0.3) is 5.91 Å². The van der Waals surface area contributed by atoms with Gasteiger partial charge in [-0.15, -0.1) is 24.0 Å². The maximum atomic E-state index is 12.0. The van der Waals surface area contributed by atoms with E-state index in [1.165, 1.54) is 0 Å². The SMILES string of the molecule is CCCNC(=O)c1cccc(CNC(=NC)NC2CCS(=O)(=O)C2)c1.I. The minimum absolute atomic E-state index is 0. The summed E-state index contributed by atoms with van der Waals surface area (Å²) < 4.78 is 23.1. The van der Waals surface area contributed by atoms with Crippen molar-refractivity contribution in [1.82, 2.24) is 16.0 Å². The van der Waals surface area contributed by atoms with Crippen LogP contribution in [0.3, 0.4) is 0 Å². The fourth-order valence-electron chi connectivity index (χ4n) is 2.65. The van der Waals surface area contributed by atoms with Crippen LogP contribution in [0, 0.1) is 0 Å². The van der Waals surface area contributed by atoms with Gasteiger partial charge in [0.2, 0.25) is 0 Å². The Hall–Kier alpha value is -1.36. The number of nitrogens with one attached hydrogen (secondary N) is 3. The van der Waals surface area contributed by atoms with Crippen LogP contribution in [-0.4, -0.2) is 51.4 Å². The van der Waals surface area contributed by atoms with E-state index in [1.807, 2.05) is 25.1 Å². The maximum absolute atomic E-state index is 12.0. The summed E-state index contributed by atoms with van der Waals surface area (Å²) in [5.74, 6) is 0.836. The highest BCUT2D eigenvalue weighted by molar-refractivity contribution is 14.0. The lowest BCUT2D eigenvalue weighted by molar-refractivity contribution is 0.0953. The number of aliphatic imine (C=N–C) groups is 1. The second kappa shape index (κ2) is 10.7. The lowest BCUT2D eigenvalue weighted by atomic mass is 10.1. The Bertz CT molecular complexity index is 737. The van der Waals surface area contributed by atoms with E-state index in [-0.39, 0.29) is 47.4 Å². The number of rotatable bonds is 6. The van der Waals surface area contributed by atoms with Gasteiger partial charge < -0.3 is 16.0 Å². The molecular weight excluding hydrogens is 467 g/mol. The van der Waals surface area contributed by atoms with E-state index in [4.69, 9.17) is 0 Å². The largest absolute Gasteiger partial charge is 0.353 e. The highest BCUT2D eigenvalue weighted by Crippen LogP contribution is 2.11. The molecule has 1 saturated heterocycles. The molecule has 2 rings (SSSR count). The predicted molar refractivity (Wildman–Crippen MR) is 115 cm³/mol. The summed E-state index contributed by atoms with van der Waals surface area (Å²) in [6.45, 7) is 3.16. The molecule has 0 spiro atoms. The molecule has 3 N–H and O–H groups in total. The molecule has 1 heterocycles. The number of hydrogen-bond donors (Lipinski definition) is 3. The monoisotopic (exact) mass is 494 g/mol. The van der Waals surface area contributed by atoms with Crippen LogP contribution in [0.4, 0.5) is 0 Å². The van der Waals surface area contributed by atoms with Crippen LogP contribution < -0.4 is 16.0 Å². The minimum Gasteiger partial charge on any atom is -0.353 e. The zero-order valence-corrected chi connectivity index (χ0v) is 18.3. The molecule has 1 aromatic carbocycles. The van der Waals surface area contributed by atoms with E-state index >= 15 is 0 Å². The molecule has 9 heteroatoms. The van der Waals surface area contributed by atoms with Gasteiger partial charge in [-0.25, -0.2) is 8.42 Å². The van der Waals surface area contributed by atoms with Crippen molar-refractivity contribution in [3.63, 3.8) is 0 Å². The van der Waals surface area contributed by atoms with E-state index in [0.717, 1.165) is 12.0 Å². The molecular formula is C17H27IN4O3S. The Balaban J connectivity index is 0.00000338. The van der Waals surface area contributed by atoms with E-state index < -0.39 is 9.84 Å². The highest BCUT2D eigenvalue weighted by atomic mass is 127. The second-order valence-electron chi connectivity index (χ2n) is 6.13. The van der Waals surface area contributed by atoms with Gasteiger partial charge in [-0.05, 0) is 30.5 Å². The lowest BCUT2D eigenvalue weighted by Gasteiger charge is -2.16. The summed E-state index contributed by atoms with van der Waals surface area (Å²) in [7, 11) is -1.28. The van der Waals surface area contributed by atoms with Crippen LogP contribution in [0.1, 0.15) is 35.7 Å². The second-order valence-corrected chi connectivity index (χ2v) is 8.36. The first kappa shape index (κ1) is 22.7. The van der Waals surface area contributed by atoms with Crippen LogP contribution in [0.25, 0.3) is 0 Å². The minimum atomic E-state index is -2.93. The first-order chi connectivity index (χ1) is 11.9. The number of sulfone groups is 1. The number of guanidine groups is 1. The first-order valence-electron chi connectivity index (χ1n) is 8.48. The van der Waals surface area contributed by atoms with Crippen molar-refractivity contribution in [2.24, 2.45) is 4.99 Å². The van der Waals surface area contributed by atoms with Gasteiger partial charge in [-0.2, -0.15) is 0 Å². The summed E-state index contributed by atoms with van der Waals surface area (Å²) in [4.78, 5) is 16.1. The average molecular weight is 494 g/mol. The summed E-state index contributed by atoms with van der Waals surface area (Å²) in [5.41, 5.74) is 1.57. The predicted octanol–water partition coefficient (Wildman–Crippen LogP) is 1.30. The number of carbonyl (C=O) groups excluding carboxylic acids is 1.